The third-order valence-electron chi connectivity index (χ3n) is 4.59. The minimum Gasteiger partial charge on any atom is -0.403 e. The molecule has 1 aliphatic heterocycles. The Morgan fingerprint density at radius 1 is 0.897 bits per heavy atom. The van der Waals surface area contributed by atoms with E-state index in [2.05, 4.69) is 26.7 Å². The predicted molar refractivity (Wildman–Crippen MR) is 110 cm³/mol. The smallest absolute Gasteiger partial charge is 0.225 e. The molecule has 5 nitrogen and oxygen atoms in total. The summed E-state index contributed by atoms with van der Waals surface area (Å²) in [6.45, 7) is 4.70. The van der Waals surface area contributed by atoms with E-state index in [0.717, 1.165) is 11.1 Å². The van der Waals surface area contributed by atoms with E-state index in [1.54, 1.807) is 35.7 Å². The van der Waals surface area contributed by atoms with Crippen LogP contribution in [0.15, 0.2) is 60.9 Å². The number of nitrogens with zero attached hydrogens (tertiary/aromatic N) is 4. The molecule has 29 heavy (non-hydrogen) atoms. The lowest BCUT2D eigenvalue weighted by molar-refractivity contribution is -0.0651. The minimum atomic E-state index is -0.361. The molecule has 2 aromatic carbocycles. The molecular formula is C23H21FN4O. The first-order chi connectivity index (χ1) is 14.2. The Bertz CT molecular complexity index is 1030. The number of para-hydroxylation sites is 1. The summed E-state index contributed by atoms with van der Waals surface area (Å²) < 4.78 is 13.7. The van der Waals surface area contributed by atoms with Crippen molar-refractivity contribution in [2.45, 2.75) is 6.92 Å². The van der Waals surface area contributed by atoms with Crippen LogP contribution in [0.4, 0.5) is 10.3 Å². The first kappa shape index (κ1) is 18.9. The average Bonchev–Trinajstić information content (AvgIpc) is 2.75. The number of halogens is 1. The zero-order valence-corrected chi connectivity index (χ0v) is 16.2. The molecule has 0 saturated carbocycles. The molecule has 0 aliphatic carbocycles. The Labute approximate surface area is 169 Å². The van der Waals surface area contributed by atoms with Crippen molar-refractivity contribution in [2.75, 3.05) is 31.1 Å². The summed E-state index contributed by atoms with van der Waals surface area (Å²) in [5.41, 5.74) is 2.93. The van der Waals surface area contributed by atoms with Gasteiger partial charge in [-0.1, -0.05) is 36.1 Å². The molecule has 0 N–H and O–H groups in total. The highest BCUT2D eigenvalue weighted by atomic mass is 19.1. The van der Waals surface area contributed by atoms with Crippen LogP contribution < -0.4 is 9.74 Å². The van der Waals surface area contributed by atoms with E-state index < -0.39 is 0 Å². The van der Waals surface area contributed by atoms with Crippen LogP contribution in [0, 0.1) is 24.6 Å². The molecule has 4 rings (SSSR count). The first-order valence-electron chi connectivity index (χ1n) is 9.50. The summed E-state index contributed by atoms with van der Waals surface area (Å²) in [7, 11) is 0. The number of benzene rings is 2. The number of aromatic nitrogens is 2. The van der Waals surface area contributed by atoms with Crippen LogP contribution in [0.2, 0.25) is 0 Å². The summed E-state index contributed by atoms with van der Waals surface area (Å²) in [5.74, 6) is 6.78. The van der Waals surface area contributed by atoms with Gasteiger partial charge in [-0.2, -0.15) is 0 Å². The number of hydrogen-bond acceptors (Lipinski definition) is 5. The monoisotopic (exact) mass is 388 g/mol. The van der Waals surface area contributed by atoms with Crippen molar-refractivity contribution >= 4 is 5.95 Å². The third-order valence-corrected chi connectivity index (χ3v) is 4.59. The number of piperazine rings is 1. The van der Waals surface area contributed by atoms with Crippen molar-refractivity contribution in [3.05, 3.63) is 83.4 Å². The normalized spacial score (nSPS) is 14.2. The van der Waals surface area contributed by atoms with Crippen LogP contribution in [0.1, 0.15) is 16.7 Å². The first-order valence-corrected chi connectivity index (χ1v) is 9.50. The highest BCUT2D eigenvalue weighted by molar-refractivity contribution is 5.43. The van der Waals surface area contributed by atoms with Gasteiger partial charge in [-0.15, -0.1) is 5.06 Å². The van der Waals surface area contributed by atoms with Gasteiger partial charge in [0.15, 0.2) is 11.6 Å². The molecule has 1 saturated heterocycles. The van der Waals surface area contributed by atoms with Gasteiger partial charge in [-0.05, 0) is 36.8 Å². The molecule has 146 valence electrons. The van der Waals surface area contributed by atoms with E-state index in [1.165, 1.54) is 11.6 Å². The third kappa shape index (κ3) is 4.89. The lowest BCUT2D eigenvalue weighted by Crippen LogP contribution is -2.48. The standard InChI is InChI=1S/C23H21FN4O/c1-18-5-4-6-19(15-18)9-10-20-16-25-23(26-17-20)27-11-13-28(14-12-27)29-22-8-3-2-7-21(22)24/h2-8,15-17H,11-14H2,1H3. The van der Waals surface area contributed by atoms with Crippen LogP contribution in [0.5, 0.6) is 5.75 Å². The topological polar surface area (TPSA) is 41.5 Å². The molecule has 1 aromatic heterocycles. The molecule has 1 aliphatic rings. The molecule has 0 radical (unpaired) electrons. The highest BCUT2D eigenvalue weighted by Gasteiger charge is 2.21. The number of aryl methyl sites for hydroxylation is 1. The van der Waals surface area contributed by atoms with Crippen molar-refractivity contribution in [3.63, 3.8) is 0 Å². The second-order valence-electron chi connectivity index (χ2n) is 6.83. The van der Waals surface area contributed by atoms with Crippen molar-refractivity contribution in [3.8, 4) is 17.6 Å². The lowest BCUT2D eigenvalue weighted by Gasteiger charge is -2.33. The van der Waals surface area contributed by atoms with E-state index in [-0.39, 0.29) is 11.6 Å². The van der Waals surface area contributed by atoms with Crippen LogP contribution in [-0.2, 0) is 0 Å². The van der Waals surface area contributed by atoms with Gasteiger partial charge >= 0.3 is 0 Å². The van der Waals surface area contributed by atoms with Crippen LogP contribution >= 0.6 is 0 Å². The summed E-state index contributed by atoms with van der Waals surface area (Å²) in [6, 6.07) is 14.5. The van der Waals surface area contributed by atoms with E-state index in [0.29, 0.717) is 32.1 Å². The summed E-state index contributed by atoms with van der Waals surface area (Å²) >= 11 is 0. The summed E-state index contributed by atoms with van der Waals surface area (Å²) in [4.78, 5) is 16.6. The Hall–Kier alpha value is -3.43. The van der Waals surface area contributed by atoms with Gasteiger partial charge in [-0.25, -0.2) is 14.4 Å². The van der Waals surface area contributed by atoms with E-state index in [9.17, 15) is 4.39 Å². The second-order valence-corrected chi connectivity index (χ2v) is 6.83. The van der Waals surface area contributed by atoms with Crippen molar-refractivity contribution < 1.29 is 9.23 Å². The molecule has 0 amide bonds. The van der Waals surface area contributed by atoms with Crippen LogP contribution in [-0.4, -0.2) is 41.2 Å². The SMILES string of the molecule is Cc1cccc(C#Cc2cnc(N3CCN(Oc4ccccc4F)CC3)nc2)c1. The van der Waals surface area contributed by atoms with Crippen molar-refractivity contribution in [1.29, 1.82) is 0 Å². The molecule has 0 unspecified atom stereocenters. The minimum absolute atomic E-state index is 0.244. The Morgan fingerprint density at radius 3 is 2.34 bits per heavy atom. The highest BCUT2D eigenvalue weighted by Crippen LogP contribution is 2.18. The van der Waals surface area contributed by atoms with Gasteiger partial charge < -0.3 is 9.74 Å². The van der Waals surface area contributed by atoms with E-state index >= 15 is 0 Å². The van der Waals surface area contributed by atoms with E-state index in [1.807, 2.05) is 31.2 Å². The van der Waals surface area contributed by atoms with Gasteiger partial charge in [0.2, 0.25) is 5.95 Å². The summed E-state index contributed by atoms with van der Waals surface area (Å²) in [5, 5.41) is 1.76. The molecule has 6 heteroatoms. The summed E-state index contributed by atoms with van der Waals surface area (Å²) in [6.07, 6.45) is 3.49. The second kappa shape index (κ2) is 8.72. The van der Waals surface area contributed by atoms with Gasteiger partial charge in [0.05, 0.1) is 18.7 Å². The number of rotatable bonds is 3. The maximum Gasteiger partial charge on any atom is 0.225 e. The maximum absolute atomic E-state index is 13.7. The van der Waals surface area contributed by atoms with Crippen molar-refractivity contribution in [2.24, 2.45) is 0 Å². The van der Waals surface area contributed by atoms with Gasteiger partial charge in [0, 0.05) is 31.0 Å². The number of hydrogen-bond donors (Lipinski definition) is 0. The lowest BCUT2D eigenvalue weighted by atomic mass is 10.1. The van der Waals surface area contributed by atoms with Crippen LogP contribution in [0.3, 0.4) is 0 Å². The van der Waals surface area contributed by atoms with Crippen LogP contribution in [0.25, 0.3) is 0 Å². The Balaban J connectivity index is 1.34. The molecule has 0 atom stereocenters. The van der Waals surface area contributed by atoms with Gasteiger partial charge in [0.25, 0.3) is 0 Å². The predicted octanol–water partition coefficient (Wildman–Crippen LogP) is 3.44. The average molecular weight is 388 g/mol. The fraction of sp³-hybridized carbons (Fsp3) is 0.217. The molecule has 1 fully saturated rings. The fourth-order valence-electron chi connectivity index (χ4n) is 3.05. The van der Waals surface area contributed by atoms with E-state index in [4.69, 9.17) is 4.84 Å². The zero-order chi connectivity index (χ0) is 20.1. The molecule has 0 spiro atoms. The quantitative estimate of drug-likeness (QED) is 0.643. The zero-order valence-electron chi connectivity index (χ0n) is 16.2. The van der Waals surface area contributed by atoms with Gasteiger partial charge in [-0.3, -0.25) is 0 Å². The molecule has 3 aromatic rings. The molecule has 2 heterocycles. The van der Waals surface area contributed by atoms with Gasteiger partial charge in [0.1, 0.15) is 0 Å². The number of hydroxylamine groups is 2. The Morgan fingerprint density at radius 2 is 1.62 bits per heavy atom. The molecule has 0 bridgehead atoms. The van der Waals surface area contributed by atoms with Crippen molar-refractivity contribution in [1.82, 2.24) is 15.0 Å². The number of anilines is 1. The largest absolute Gasteiger partial charge is 0.403 e. The Kier molecular flexibility index (Phi) is 5.68. The molecular weight excluding hydrogens is 367 g/mol. The fourth-order valence-corrected chi connectivity index (χ4v) is 3.05. The maximum atomic E-state index is 13.7.